The second-order valence-electron chi connectivity index (χ2n) is 4.95. The predicted molar refractivity (Wildman–Crippen MR) is 70.6 cm³/mol. The van der Waals surface area contributed by atoms with E-state index < -0.39 is 4.92 Å². The molecule has 0 unspecified atom stereocenters. The number of hydrogen-bond donors (Lipinski definition) is 2. The quantitative estimate of drug-likeness (QED) is 0.630. The second kappa shape index (κ2) is 5.92. The lowest BCUT2D eigenvalue weighted by Crippen LogP contribution is -2.44. The molecule has 0 atom stereocenters. The molecule has 2 N–H and O–H groups in total. The Morgan fingerprint density at radius 1 is 1.50 bits per heavy atom. The van der Waals surface area contributed by atoms with Gasteiger partial charge in [-0.05, 0) is 26.3 Å². The highest BCUT2D eigenvalue weighted by Crippen LogP contribution is 2.22. The van der Waals surface area contributed by atoms with Crippen molar-refractivity contribution in [3.63, 3.8) is 0 Å². The molecule has 0 saturated carbocycles. The van der Waals surface area contributed by atoms with Crippen LogP contribution < -0.4 is 10.6 Å². The number of carbonyl (C=O) groups excluding carboxylic acids is 1. The molecular weight excluding hydrogens is 254 g/mol. The van der Waals surface area contributed by atoms with Crippen LogP contribution in [0.2, 0.25) is 0 Å². The van der Waals surface area contributed by atoms with Crippen LogP contribution in [0.1, 0.15) is 26.3 Å². The van der Waals surface area contributed by atoms with Gasteiger partial charge in [0, 0.05) is 23.5 Å². The number of hydrogen-bond acceptors (Lipinski definition) is 5. The molecule has 6 nitrogen and oxygen atoms in total. The lowest BCUT2D eigenvalue weighted by atomic mass is 10.1. The summed E-state index contributed by atoms with van der Waals surface area (Å²) in [5.74, 6) is -0.0905. The maximum atomic E-state index is 11.5. The van der Waals surface area contributed by atoms with E-state index in [2.05, 4.69) is 10.6 Å². The van der Waals surface area contributed by atoms with Gasteiger partial charge in [0.1, 0.15) is 0 Å². The lowest BCUT2D eigenvalue weighted by Gasteiger charge is -2.20. The maximum Gasteiger partial charge on any atom is 0.324 e. The third-order valence-corrected chi connectivity index (χ3v) is 2.88. The van der Waals surface area contributed by atoms with Gasteiger partial charge >= 0.3 is 5.00 Å². The topological polar surface area (TPSA) is 84.3 Å². The predicted octanol–water partition coefficient (Wildman–Crippen LogP) is 1.66. The van der Waals surface area contributed by atoms with E-state index >= 15 is 0 Å². The van der Waals surface area contributed by atoms with Crippen molar-refractivity contribution in [2.24, 2.45) is 0 Å². The lowest BCUT2D eigenvalue weighted by molar-refractivity contribution is -0.380. The summed E-state index contributed by atoms with van der Waals surface area (Å²) in [4.78, 5) is 21.6. The van der Waals surface area contributed by atoms with Crippen molar-refractivity contribution in [2.45, 2.75) is 32.9 Å². The number of nitrogens with zero attached hydrogens (tertiary/aromatic N) is 1. The second-order valence-corrected chi connectivity index (χ2v) is 5.84. The SMILES string of the molecule is CC(C)(C)NC(=O)CNCc1csc([N+](=O)[O-])c1. The molecule has 0 radical (unpaired) electrons. The summed E-state index contributed by atoms with van der Waals surface area (Å²) in [6.45, 7) is 6.37. The van der Waals surface area contributed by atoms with Crippen LogP contribution in [0.3, 0.4) is 0 Å². The molecule has 0 aromatic carbocycles. The van der Waals surface area contributed by atoms with Gasteiger partial charge in [-0.25, -0.2) is 0 Å². The van der Waals surface area contributed by atoms with Crippen LogP contribution in [0.4, 0.5) is 5.00 Å². The smallest absolute Gasteiger partial charge is 0.324 e. The molecular formula is C11H17N3O3S. The molecule has 1 aromatic rings. The Bertz CT molecular complexity index is 437. The highest BCUT2D eigenvalue weighted by Gasteiger charge is 2.13. The van der Waals surface area contributed by atoms with Crippen molar-refractivity contribution in [3.05, 3.63) is 27.1 Å². The summed E-state index contributed by atoms with van der Waals surface area (Å²) in [6.07, 6.45) is 0. The number of rotatable bonds is 5. The third kappa shape index (κ3) is 5.24. The van der Waals surface area contributed by atoms with Crippen LogP contribution in [-0.2, 0) is 11.3 Å². The van der Waals surface area contributed by atoms with E-state index in [-0.39, 0.29) is 23.0 Å². The number of carbonyl (C=O) groups is 1. The Labute approximate surface area is 110 Å². The molecule has 7 heteroatoms. The maximum absolute atomic E-state index is 11.5. The van der Waals surface area contributed by atoms with Gasteiger partial charge in [-0.1, -0.05) is 11.3 Å². The van der Waals surface area contributed by atoms with Gasteiger partial charge in [0.05, 0.1) is 11.5 Å². The normalized spacial score (nSPS) is 11.3. The molecule has 100 valence electrons. The van der Waals surface area contributed by atoms with Crippen molar-refractivity contribution in [1.82, 2.24) is 10.6 Å². The first-order valence-corrected chi connectivity index (χ1v) is 6.39. The van der Waals surface area contributed by atoms with Gasteiger partial charge in [-0.15, -0.1) is 0 Å². The first-order chi connectivity index (χ1) is 8.28. The van der Waals surface area contributed by atoms with Crippen LogP contribution in [0.5, 0.6) is 0 Å². The average molecular weight is 271 g/mol. The largest absolute Gasteiger partial charge is 0.350 e. The fraction of sp³-hybridized carbons (Fsp3) is 0.545. The first-order valence-electron chi connectivity index (χ1n) is 5.51. The zero-order valence-electron chi connectivity index (χ0n) is 10.6. The van der Waals surface area contributed by atoms with Gasteiger partial charge in [0.25, 0.3) is 0 Å². The summed E-state index contributed by atoms with van der Waals surface area (Å²) in [6, 6.07) is 1.51. The van der Waals surface area contributed by atoms with Crippen molar-refractivity contribution in [2.75, 3.05) is 6.54 Å². The van der Waals surface area contributed by atoms with E-state index in [1.54, 1.807) is 5.38 Å². The number of amides is 1. The molecule has 0 saturated heterocycles. The van der Waals surface area contributed by atoms with Gasteiger partial charge in [-0.3, -0.25) is 14.9 Å². The van der Waals surface area contributed by atoms with Crippen molar-refractivity contribution < 1.29 is 9.72 Å². The molecule has 0 bridgehead atoms. The molecule has 0 spiro atoms. The molecule has 1 amide bonds. The van der Waals surface area contributed by atoms with Crippen LogP contribution in [-0.4, -0.2) is 22.9 Å². The molecule has 0 fully saturated rings. The van der Waals surface area contributed by atoms with Crippen LogP contribution >= 0.6 is 11.3 Å². The van der Waals surface area contributed by atoms with Crippen molar-refractivity contribution in [3.8, 4) is 0 Å². The molecule has 1 heterocycles. The summed E-state index contributed by atoms with van der Waals surface area (Å²) >= 11 is 1.09. The molecule has 0 aliphatic heterocycles. The molecule has 18 heavy (non-hydrogen) atoms. The standard InChI is InChI=1S/C11H17N3O3S/c1-11(2,3)13-9(15)6-12-5-8-4-10(14(16)17)18-7-8/h4,7,12H,5-6H2,1-3H3,(H,13,15). The van der Waals surface area contributed by atoms with Gasteiger partial charge in [0.15, 0.2) is 0 Å². The minimum atomic E-state index is -0.416. The summed E-state index contributed by atoms with van der Waals surface area (Å²) in [5.41, 5.74) is 0.565. The average Bonchev–Trinajstić information content (AvgIpc) is 2.63. The Kier molecular flexibility index (Phi) is 4.80. The Morgan fingerprint density at radius 3 is 2.67 bits per heavy atom. The zero-order valence-corrected chi connectivity index (χ0v) is 11.5. The van der Waals surface area contributed by atoms with Crippen molar-refractivity contribution in [1.29, 1.82) is 0 Å². The molecule has 1 rings (SSSR count). The fourth-order valence-corrected chi connectivity index (χ4v) is 2.06. The van der Waals surface area contributed by atoms with E-state index in [9.17, 15) is 14.9 Å². The molecule has 1 aromatic heterocycles. The molecule has 0 aliphatic rings. The Balaban J connectivity index is 2.33. The zero-order chi connectivity index (χ0) is 13.8. The summed E-state index contributed by atoms with van der Waals surface area (Å²) < 4.78 is 0. The Hall–Kier alpha value is -1.47. The number of thiophene rings is 1. The van der Waals surface area contributed by atoms with Gasteiger partial charge in [0.2, 0.25) is 5.91 Å². The van der Waals surface area contributed by atoms with E-state index in [4.69, 9.17) is 0 Å². The highest BCUT2D eigenvalue weighted by molar-refractivity contribution is 7.13. The minimum absolute atomic E-state index is 0.0905. The van der Waals surface area contributed by atoms with Crippen LogP contribution in [0.25, 0.3) is 0 Å². The van der Waals surface area contributed by atoms with Crippen LogP contribution in [0.15, 0.2) is 11.4 Å². The third-order valence-electron chi connectivity index (χ3n) is 1.95. The van der Waals surface area contributed by atoms with E-state index in [1.807, 2.05) is 20.8 Å². The minimum Gasteiger partial charge on any atom is -0.350 e. The molecule has 0 aliphatic carbocycles. The van der Waals surface area contributed by atoms with E-state index in [0.717, 1.165) is 16.9 Å². The monoisotopic (exact) mass is 271 g/mol. The number of nitro groups is 1. The number of nitrogens with one attached hydrogen (secondary N) is 2. The first kappa shape index (κ1) is 14.6. The summed E-state index contributed by atoms with van der Waals surface area (Å²) in [5, 5.41) is 18.1. The Morgan fingerprint density at radius 2 is 2.17 bits per heavy atom. The van der Waals surface area contributed by atoms with E-state index in [0.29, 0.717) is 6.54 Å². The van der Waals surface area contributed by atoms with Crippen molar-refractivity contribution >= 4 is 22.2 Å². The summed E-state index contributed by atoms with van der Waals surface area (Å²) in [7, 11) is 0. The van der Waals surface area contributed by atoms with E-state index in [1.165, 1.54) is 6.07 Å². The fourth-order valence-electron chi connectivity index (χ4n) is 1.33. The van der Waals surface area contributed by atoms with Crippen LogP contribution in [0, 0.1) is 10.1 Å². The van der Waals surface area contributed by atoms with Gasteiger partial charge in [-0.2, -0.15) is 0 Å². The highest BCUT2D eigenvalue weighted by atomic mass is 32.1. The van der Waals surface area contributed by atoms with Gasteiger partial charge < -0.3 is 10.6 Å².